The molecular weight excluding hydrogens is 1120 g/mol. The quantitative estimate of drug-likeness (QED) is 0.152. The van der Waals surface area contributed by atoms with E-state index in [9.17, 15) is 0 Å². The third-order valence-electron chi connectivity index (χ3n) is 20.4. The molecule has 4 nitrogen and oxygen atoms in total. The largest absolute Gasteiger partial charge is 0.455 e. The van der Waals surface area contributed by atoms with Crippen LogP contribution in [0.4, 0.5) is 34.1 Å². The maximum atomic E-state index is 7.34. The van der Waals surface area contributed by atoms with Gasteiger partial charge in [-0.05, 0) is 177 Å². The topological polar surface area (TPSA) is 32.8 Å². The van der Waals surface area contributed by atoms with E-state index in [4.69, 9.17) is 8.83 Å². The van der Waals surface area contributed by atoms with Gasteiger partial charge in [0, 0.05) is 55.3 Å². The zero-order valence-electron chi connectivity index (χ0n) is 54.0. The highest BCUT2D eigenvalue weighted by molar-refractivity contribution is 6.22. The minimum Gasteiger partial charge on any atom is -0.455 e. The van der Waals surface area contributed by atoms with Gasteiger partial charge >= 0.3 is 0 Å². The summed E-state index contributed by atoms with van der Waals surface area (Å²) < 4.78 is 14.6. The molecule has 13 aromatic carbocycles. The molecule has 0 atom stereocenters. The van der Waals surface area contributed by atoms with Gasteiger partial charge in [-0.1, -0.05) is 251 Å². The zero-order chi connectivity index (χ0) is 62.7. The lowest BCUT2D eigenvalue weighted by Gasteiger charge is -2.32. The van der Waals surface area contributed by atoms with Crippen LogP contribution in [0, 0.1) is 0 Å². The summed E-state index contributed by atoms with van der Waals surface area (Å²) in [5, 5.41) is 9.56. The van der Waals surface area contributed by atoms with Crippen LogP contribution in [-0.4, -0.2) is 0 Å². The van der Waals surface area contributed by atoms with E-state index in [1.165, 1.54) is 99.4 Å². The van der Waals surface area contributed by atoms with Crippen molar-refractivity contribution in [2.24, 2.45) is 0 Å². The second-order valence-electron chi connectivity index (χ2n) is 28.8. The summed E-state index contributed by atoms with van der Waals surface area (Å²) in [4.78, 5) is 4.87. The van der Waals surface area contributed by atoms with E-state index >= 15 is 0 Å². The highest BCUT2D eigenvalue weighted by Gasteiger charge is 2.49. The van der Waals surface area contributed by atoms with Gasteiger partial charge in [0.2, 0.25) is 0 Å². The van der Waals surface area contributed by atoms with Crippen LogP contribution in [0.1, 0.15) is 103 Å². The molecular formula is C88H72N2O2. The molecule has 4 heteroatoms. The van der Waals surface area contributed by atoms with Crippen LogP contribution in [0.5, 0.6) is 0 Å². The van der Waals surface area contributed by atoms with E-state index in [0.29, 0.717) is 0 Å². The fourth-order valence-electron chi connectivity index (χ4n) is 16.2. The Hall–Kier alpha value is -10.4. The third-order valence-corrected chi connectivity index (χ3v) is 20.4. The minimum absolute atomic E-state index is 0.0117. The van der Waals surface area contributed by atoms with Gasteiger partial charge in [0.15, 0.2) is 5.58 Å². The monoisotopic (exact) mass is 1190 g/mol. The van der Waals surface area contributed by atoms with Crippen LogP contribution in [0.3, 0.4) is 0 Å². The fourth-order valence-corrected chi connectivity index (χ4v) is 16.2. The number of furan rings is 2. The molecule has 17 rings (SSSR count). The van der Waals surface area contributed by atoms with Crippen molar-refractivity contribution in [3.63, 3.8) is 0 Å². The number of benzene rings is 13. The second kappa shape index (κ2) is 20.0. The first-order chi connectivity index (χ1) is 44.4. The number of rotatable bonds is 8. The average Bonchev–Trinajstić information content (AvgIpc) is 1.51. The number of hydrogen-bond donors (Lipinski definition) is 0. The molecule has 2 aliphatic carbocycles. The molecule has 92 heavy (non-hydrogen) atoms. The highest BCUT2D eigenvalue weighted by atomic mass is 16.3. The Balaban J connectivity index is 0.840. The molecule has 2 heterocycles. The van der Waals surface area contributed by atoms with Crippen molar-refractivity contribution in [2.75, 3.05) is 9.80 Å². The Kier molecular flexibility index (Phi) is 12.1. The Morgan fingerprint density at radius 1 is 0.304 bits per heavy atom. The summed E-state index contributed by atoms with van der Waals surface area (Å²) in [5.41, 5.74) is 26.5. The molecule has 0 bridgehead atoms. The Morgan fingerprint density at radius 3 is 1.14 bits per heavy atom. The van der Waals surface area contributed by atoms with E-state index in [0.717, 1.165) is 78.0 Å². The highest BCUT2D eigenvalue weighted by Crippen LogP contribution is 2.64. The van der Waals surface area contributed by atoms with E-state index in [-0.39, 0.29) is 10.8 Å². The van der Waals surface area contributed by atoms with Gasteiger partial charge in [0.1, 0.15) is 16.7 Å². The normalized spacial score (nSPS) is 13.9. The lowest BCUT2D eigenvalue weighted by atomic mass is 9.72. The fraction of sp³-hybridized carbons (Fsp3) is 0.159. The van der Waals surface area contributed by atoms with Crippen molar-refractivity contribution < 1.29 is 8.83 Å². The van der Waals surface area contributed by atoms with Gasteiger partial charge < -0.3 is 18.6 Å². The number of nitrogens with zero attached hydrogens (tertiary/aromatic N) is 2. The van der Waals surface area contributed by atoms with Gasteiger partial charge in [-0.2, -0.15) is 0 Å². The number of para-hydroxylation sites is 4. The molecule has 2 aromatic heterocycles. The van der Waals surface area contributed by atoms with Crippen LogP contribution >= 0.6 is 0 Å². The summed E-state index contributed by atoms with van der Waals surface area (Å²) in [6.07, 6.45) is 0. The Labute approximate surface area is 538 Å². The van der Waals surface area contributed by atoms with Crippen LogP contribution in [0.2, 0.25) is 0 Å². The molecule has 2 aliphatic rings. The molecule has 15 aromatic rings. The predicted octanol–water partition coefficient (Wildman–Crippen LogP) is 25.3. The van der Waals surface area contributed by atoms with Crippen molar-refractivity contribution in [1.82, 2.24) is 0 Å². The van der Waals surface area contributed by atoms with Crippen molar-refractivity contribution in [3.8, 4) is 44.5 Å². The van der Waals surface area contributed by atoms with Crippen LogP contribution < -0.4 is 9.80 Å². The van der Waals surface area contributed by atoms with E-state index in [1.54, 1.807) is 0 Å². The summed E-state index contributed by atoms with van der Waals surface area (Å²) in [6.45, 7) is 23.6. The standard InChI is InChI=1S/C88H72N2O2/c1-85(2,3)69-49-47-59(61-29-17-19-31-63(61)69)53-37-41-57(42-38-53)89(55-25-13-11-14-26-55)73-51-72-78(84-79(73)65-33-21-23-35-75(65)92-84)68-46-45-67-77-71(87(7,8)81(67)82(68)88(72,9)10)52-74(83-80(77)66-34-22-24-36-76(66)91-83)90(56-27-15-12-16-28-56)58-43-39-54(40-44-58)60-48-50-70(86(4,5)6)64-32-20-18-30-62(60)64/h11-52H,1-10H3. The molecule has 0 saturated heterocycles. The number of fused-ring (bicyclic) bond motifs is 17. The molecule has 0 radical (unpaired) electrons. The molecule has 0 unspecified atom stereocenters. The molecule has 0 fully saturated rings. The molecule has 0 aliphatic heterocycles. The lowest BCUT2D eigenvalue weighted by molar-refractivity contribution is 0.595. The van der Waals surface area contributed by atoms with E-state index in [2.05, 4.69) is 334 Å². The van der Waals surface area contributed by atoms with E-state index < -0.39 is 10.8 Å². The summed E-state index contributed by atoms with van der Waals surface area (Å²) >= 11 is 0. The predicted molar refractivity (Wildman–Crippen MR) is 389 cm³/mol. The summed E-state index contributed by atoms with van der Waals surface area (Å²) in [6, 6.07) is 94.1. The zero-order valence-corrected chi connectivity index (χ0v) is 54.0. The second-order valence-corrected chi connectivity index (χ2v) is 28.8. The van der Waals surface area contributed by atoms with Gasteiger partial charge in [-0.25, -0.2) is 0 Å². The minimum atomic E-state index is -0.472. The first kappa shape index (κ1) is 55.6. The van der Waals surface area contributed by atoms with Crippen molar-refractivity contribution in [2.45, 2.75) is 90.9 Å². The maximum Gasteiger partial charge on any atom is 0.160 e. The molecule has 446 valence electrons. The smallest absolute Gasteiger partial charge is 0.160 e. The number of anilines is 6. The average molecular weight is 1190 g/mol. The van der Waals surface area contributed by atoms with Gasteiger partial charge in [-0.15, -0.1) is 0 Å². The summed E-state index contributed by atoms with van der Waals surface area (Å²) in [5.74, 6) is 0. The SMILES string of the molecule is CC(C)(C)c1ccc(-c2ccc(N(c3ccccc3)c3cc4c(c5c3oc3ccccc35)-c3ccc5c(c3C4(C)C)C(C)(C)c3cc(N(c4ccccc4)c4ccc(-c6ccc(C(C)(C)C)c7ccccc67)cc4)c4c(oc6ccccc64)c3-5)cc2)c2ccccc12. The Bertz CT molecular complexity index is 5510. The molecule has 0 spiro atoms. The molecule has 0 amide bonds. The van der Waals surface area contributed by atoms with Gasteiger partial charge in [0.05, 0.1) is 16.8 Å². The first-order valence-electron chi connectivity index (χ1n) is 32.6. The van der Waals surface area contributed by atoms with Crippen LogP contribution in [-0.2, 0) is 21.7 Å². The Morgan fingerprint density at radius 2 is 0.663 bits per heavy atom. The van der Waals surface area contributed by atoms with Crippen molar-refractivity contribution in [1.29, 1.82) is 0 Å². The molecule has 0 saturated carbocycles. The first-order valence-corrected chi connectivity index (χ1v) is 32.6. The van der Waals surface area contributed by atoms with Gasteiger partial charge in [-0.3, -0.25) is 0 Å². The summed E-state index contributed by atoms with van der Waals surface area (Å²) in [7, 11) is 0. The lowest BCUT2D eigenvalue weighted by Crippen LogP contribution is -2.24. The maximum absolute atomic E-state index is 7.34. The van der Waals surface area contributed by atoms with Gasteiger partial charge in [0.25, 0.3) is 0 Å². The van der Waals surface area contributed by atoms with Crippen molar-refractivity contribution >= 4 is 99.5 Å². The van der Waals surface area contributed by atoms with Crippen LogP contribution in [0.25, 0.3) is 110 Å². The third kappa shape index (κ3) is 8.21. The molecule has 0 N–H and O–H groups in total. The number of hydrogen-bond acceptors (Lipinski definition) is 4. The van der Waals surface area contributed by atoms with Crippen molar-refractivity contribution in [3.05, 3.63) is 288 Å². The van der Waals surface area contributed by atoms with Crippen LogP contribution in [0.15, 0.2) is 264 Å². The van der Waals surface area contributed by atoms with E-state index in [1.807, 2.05) is 0 Å².